The van der Waals surface area contributed by atoms with Crippen molar-refractivity contribution < 1.29 is 32.3 Å². The number of amides is 1. The molecule has 2 aromatic rings. The quantitative estimate of drug-likeness (QED) is 0.848. The number of fused-ring (bicyclic) bond motifs is 1. The predicted molar refractivity (Wildman–Crippen MR) is 90.3 cm³/mol. The van der Waals surface area contributed by atoms with Gasteiger partial charge in [-0.15, -0.1) is 0 Å². The summed E-state index contributed by atoms with van der Waals surface area (Å²) in [5, 5.41) is 11.3. The van der Waals surface area contributed by atoms with Crippen molar-refractivity contribution in [1.82, 2.24) is 14.7 Å². The predicted octanol–water partition coefficient (Wildman–Crippen LogP) is 2.03. The van der Waals surface area contributed by atoms with Gasteiger partial charge in [0, 0.05) is 32.3 Å². The topological polar surface area (TPSA) is 91.8 Å². The molecule has 0 bridgehead atoms. The third-order valence-electron chi connectivity index (χ3n) is 4.76. The van der Waals surface area contributed by atoms with Crippen LogP contribution in [0, 0.1) is 0 Å². The SMILES string of the molecule is Cn1cc(N2C(=O)C[C@H]3[C@H]2CCN3Cc2ccco2)cn1.O=C(O)C(F)(F)F. The van der Waals surface area contributed by atoms with Crippen molar-refractivity contribution in [2.24, 2.45) is 7.05 Å². The number of aromatic nitrogens is 2. The van der Waals surface area contributed by atoms with Gasteiger partial charge in [-0.05, 0) is 18.6 Å². The standard InChI is InChI=1S/C15H18N4O2.C2HF3O2/c1-17-9-11(8-16-17)19-13-4-5-18(14(13)7-15(19)20)10-12-3-2-6-21-12;3-2(4,5)1(6)7/h2-3,6,8-9,13-14H,4-5,7,10H2,1H3;(H,6,7)/t13-,14+;/m1./s1. The van der Waals surface area contributed by atoms with E-state index in [1.54, 1.807) is 17.1 Å². The molecule has 8 nitrogen and oxygen atoms in total. The molecule has 4 rings (SSSR count). The number of anilines is 1. The Hall–Kier alpha value is -2.82. The minimum Gasteiger partial charge on any atom is -0.475 e. The number of hydrogen-bond donors (Lipinski definition) is 1. The molecule has 2 aliphatic heterocycles. The molecule has 1 N–H and O–H groups in total. The molecule has 1 amide bonds. The smallest absolute Gasteiger partial charge is 0.475 e. The number of furan rings is 1. The van der Waals surface area contributed by atoms with Crippen LogP contribution in [-0.2, 0) is 23.2 Å². The number of carbonyl (C=O) groups is 2. The molecule has 2 saturated heterocycles. The van der Waals surface area contributed by atoms with Gasteiger partial charge in [-0.1, -0.05) is 0 Å². The lowest BCUT2D eigenvalue weighted by Crippen LogP contribution is -2.37. The number of carbonyl (C=O) groups excluding carboxylic acids is 1. The van der Waals surface area contributed by atoms with Crippen molar-refractivity contribution in [3.63, 3.8) is 0 Å². The number of halogens is 3. The third kappa shape index (κ3) is 4.19. The zero-order chi connectivity index (χ0) is 20.5. The van der Waals surface area contributed by atoms with E-state index in [4.69, 9.17) is 14.3 Å². The summed E-state index contributed by atoms with van der Waals surface area (Å²) in [6, 6.07) is 4.44. The Labute approximate surface area is 158 Å². The maximum absolute atomic E-state index is 12.4. The molecule has 28 heavy (non-hydrogen) atoms. The van der Waals surface area contributed by atoms with Crippen LogP contribution >= 0.6 is 0 Å². The van der Waals surface area contributed by atoms with Crippen LogP contribution in [0.3, 0.4) is 0 Å². The number of aryl methyl sites for hydroxylation is 1. The molecule has 0 aliphatic carbocycles. The van der Waals surface area contributed by atoms with E-state index in [0.717, 1.165) is 31.0 Å². The Balaban J connectivity index is 0.000000279. The first-order chi connectivity index (χ1) is 13.2. The molecule has 2 aromatic heterocycles. The fourth-order valence-electron chi connectivity index (χ4n) is 3.60. The van der Waals surface area contributed by atoms with Crippen molar-refractivity contribution in [3.8, 4) is 0 Å². The first-order valence-corrected chi connectivity index (χ1v) is 8.54. The van der Waals surface area contributed by atoms with E-state index in [9.17, 15) is 18.0 Å². The summed E-state index contributed by atoms with van der Waals surface area (Å²) in [7, 11) is 1.87. The zero-order valence-electron chi connectivity index (χ0n) is 15.0. The van der Waals surface area contributed by atoms with Crippen LogP contribution in [0.5, 0.6) is 0 Å². The fourth-order valence-corrected chi connectivity index (χ4v) is 3.60. The van der Waals surface area contributed by atoms with E-state index in [2.05, 4.69) is 10.00 Å². The van der Waals surface area contributed by atoms with Crippen LogP contribution in [0.15, 0.2) is 35.2 Å². The molecule has 0 radical (unpaired) electrons. The van der Waals surface area contributed by atoms with Gasteiger partial charge in [-0.25, -0.2) is 4.79 Å². The summed E-state index contributed by atoms with van der Waals surface area (Å²) in [5.74, 6) is -1.60. The monoisotopic (exact) mass is 400 g/mol. The number of likely N-dealkylation sites (tertiary alicyclic amines) is 1. The molecule has 0 spiro atoms. The number of rotatable bonds is 3. The van der Waals surface area contributed by atoms with E-state index in [0.29, 0.717) is 6.42 Å². The largest absolute Gasteiger partial charge is 0.490 e. The average molecular weight is 400 g/mol. The van der Waals surface area contributed by atoms with E-state index in [-0.39, 0.29) is 18.0 Å². The van der Waals surface area contributed by atoms with Crippen molar-refractivity contribution in [3.05, 3.63) is 36.5 Å². The lowest BCUT2D eigenvalue weighted by molar-refractivity contribution is -0.192. The molecule has 0 aromatic carbocycles. The maximum atomic E-state index is 12.4. The summed E-state index contributed by atoms with van der Waals surface area (Å²) < 4.78 is 38.9. The van der Waals surface area contributed by atoms with Gasteiger partial charge in [0.2, 0.25) is 5.91 Å². The lowest BCUT2D eigenvalue weighted by Gasteiger charge is -2.23. The third-order valence-corrected chi connectivity index (χ3v) is 4.76. The van der Waals surface area contributed by atoms with Crippen molar-refractivity contribution >= 4 is 17.6 Å². The highest BCUT2D eigenvalue weighted by atomic mass is 19.4. The van der Waals surface area contributed by atoms with E-state index in [1.165, 1.54) is 0 Å². The van der Waals surface area contributed by atoms with E-state index < -0.39 is 12.1 Å². The second-order valence-electron chi connectivity index (χ2n) is 6.62. The number of carboxylic acids is 1. The second-order valence-corrected chi connectivity index (χ2v) is 6.62. The highest BCUT2D eigenvalue weighted by Crippen LogP contribution is 2.36. The minimum absolute atomic E-state index is 0.196. The van der Waals surface area contributed by atoms with Gasteiger partial charge in [-0.2, -0.15) is 18.3 Å². The van der Waals surface area contributed by atoms with Crippen LogP contribution in [0.2, 0.25) is 0 Å². The number of hydrogen-bond acceptors (Lipinski definition) is 5. The molecule has 0 saturated carbocycles. The number of carboxylic acid groups (broad SMARTS) is 1. The van der Waals surface area contributed by atoms with Crippen molar-refractivity contribution in [2.75, 3.05) is 11.4 Å². The second kappa shape index (κ2) is 7.66. The first kappa shape index (κ1) is 19.9. The highest BCUT2D eigenvalue weighted by molar-refractivity contribution is 5.97. The Kier molecular flexibility index (Phi) is 5.45. The molecular formula is C17H19F3N4O4. The normalized spacial score (nSPS) is 22.1. The van der Waals surface area contributed by atoms with Gasteiger partial charge in [0.1, 0.15) is 5.76 Å². The van der Waals surface area contributed by atoms with Gasteiger partial charge in [0.25, 0.3) is 0 Å². The summed E-state index contributed by atoms with van der Waals surface area (Å²) in [5.41, 5.74) is 0.912. The van der Waals surface area contributed by atoms with Gasteiger partial charge >= 0.3 is 12.1 Å². The van der Waals surface area contributed by atoms with Crippen LogP contribution in [0.1, 0.15) is 18.6 Å². The van der Waals surface area contributed by atoms with E-state index >= 15 is 0 Å². The first-order valence-electron chi connectivity index (χ1n) is 8.54. The Morgan fingerprint density at radius 2 is 2.11 bits per heavy atom. The van der Waals surface area contributed by atoms with Gasteiger partial charge in [-0.3, -0.25) is 14.4 Å². The zero-order valence-corrected chi connectivity index (χ0v) is 15.0. The summed E-state index contributed by atoms with van der Waals surface area (Å²) in [4.78, 5) is 25.6. The minimum atomic E-state index is -5.08. The van der Waals surface area contributed by atoms with Crippen LogP contribution in [-0.4, -0.2) is 56.5 Å². The van der Waals surface area contributed by atoms with Crippen molar-refractivity contribution in [2.45, 2.75) is 37.6 Å². The Morgan fingerprint density at radius 3 is 2.64 bits per heavy atom. The Morgan fingerprint density at radius 1 is 1.39 bits per heavy atom. The summed E-state index contributed by atoms with van der Waals surface area (Å²) in [6.45, 7) is 1.78. The number of alkyl halides is 3. The molecular weight excluding hydrogens is 381 g/mol. The molecule has 11 heteroatoms. The molecule has 0 unspecified atom stereocenters. The van der Waals surface area contributed by atoms with Gasteiger partial charge < -0.3 is 14.4 Å². The van der Waals surface area contributed by atoms with E-state index in [1.807, 2.05) is 30.3 Å². The highest BCUT2D eigenvalue weighted by Gasteiger charge is 2.47. The number of nitrogens with zero attached hydrogens (tertiary/aromatic N) is 4. The van der Waals surface area contributed by atoms with Crippen LogP contribution < -0.4 is 4.90 Å². The average Bonchev–Trinajstić information content (AvgIpc) is 3.35. The fraction of sp³-hybridized carbons (Fsp3) is 0.471. The van der Waals surface area contributed by atoms with Gasteiger partial charge in [0.05, 0.1) is 30.7 Å². The number of aliphatic carboxylic acids is 1. The van der Waals surface area contributed by atoms with Crippen LogP contribution in [0.25, 0.3) is 0 Å². The lowest BCUT2D eigenvalue weighted by atomic mass is 10.1. The molecule has 4 heterocycles. The summed E-state index contributed by atoms with van der Waals surface area (Å²) >= 11 is 0. The van der Waals surface area contributed by atoms with Crippen molar-refractivity contribution in [1.29, 1.82) is 0 Å². The summed E-state index contributed by atoms with van der Waals surface area (Å²) in [6.07, 6.45) is 1.89. The maximum Gasteiger partial charge on any atom is 0.490 e. The molecule has 2 aliphatic rings. The molecule has 2 atom stereocenters. The van der Waals surface area contributed by atoms with Gasteiger partial charge in [0.15, 0.2) is 0 Å². The van der Waals surface area contributed by atoms with Crippen LogP contribution in [0.4, 0.5) is 18.9 Å². The molecule has 152 valence electrons. The molecule has 2 fully saturated rings. The Bertz CT molecular complexity index is 834.